The summed E-state index contributed by atoms with van der Waals surface area (Å²) in [6, 6.07) is 20.7. The molecule has 0 saturated heterocycles. The predicted molar refractivity (Wildman–Crippen MR) is 70.2 cm³/mol. The van der Waals surface area contributed by atoms with Gasteiger partial charge in [0.1, 0.15) is 11.6 Å². The Kier molecular flexibility index (Phi) is 3.68. The molecule has 0 amide bonds. The van der Waals surface area contributed by atoms with E-state index in [2.05, 4.69) is 0 Å². The predicted octanol–water partition coefficient (Wildman–Crippen LogP) is 3.12. The summed E-state index contributed by atoms with van der Waals surface area (Å²) >= 11 is 0. The number of rotatable bonds is 3. The third-order valence-corrected chi connectivity index (χ3v) is 2.59. The number of allylic oxidation sites excluding steroid dienone is 1. The first-order chi connectivity index (χ1) is 8.86. The molecule has 2 nitrogen and oxygen atoms in total. The van der Waals surface area contributed by atoms with Crippen LogP contribution in [0.2, 0.25) is 0 Å². The van der Waals surface area contributed by atoms with Crippen LogP contribution < -0.4 is 0 Å². The minimum absolute atomic E-state index is 0.0207. The molecule has 0 aromatic heterocycles. The van der Waals surface area contributed by atoms with E-state index in [0.29, 0.717) is 5.57 Å². The Morgan fingerprint density at radius 3 is 1.61 bits per heavy atom. The van der Waals surface area contributed by atoms with Crippen molar-refractivity contribution < 1.29 is 4.79 Å². The number of hydrogen-bond donors (Lipinski definition) is 0. The summed E-state index contributed by atoms with van der Waals surface area (Å²) in [6.45, 7) is 0. The zero-order chi connectivity index (χ0) is 12.8. The van der Waals surface area contributed by atoms with Crippen LogP contribution in [-0.4, -0.2) is 6.29 Å². The van der Waals surface area contributed by atoms with Crippen molar-refractivity contribution in [2.24, 2.45) is 0 Å². The molecule has 0 unspecified atom stereocenters. The standard InChI is InChI=1S/C16H10NO/c17-11-15(12-18)16(13-7-3-1-4-8-13)14-9-5-2-6-10-14/h1-10H. The first kappa shape index (κ1) is 11.8. The molecule has 85 valence electrons. The van der Waals surface area contributed by atoms with Crippen molar-refractivity contribution in [3.05, 3.63) is 77.4 Å². The van der Waals surface area contributed by atoms with Gasteiger partial charge < -0.3 is 0 Å². The summed E-state index contributed by atoms with van der Waals surface area (Å²) in [7, 11) is 0. The van der Waals surface area contributed by atoms with Crippen LogP contribution in [0.5, 0.6) is 0 Å². The lowest BCUT2D eigenvalue weighted by atomic mass is 9.94. The molecule has 0 spiro atoms. The molecule has 0 aliphatic carbocycles. The molecule has 0 N–H and O–H groups in total. The van der Waals surface area contributed by atoms with Crippen molar-refractivity contribution in [2.75, 3.05) is 0 Å². The van der Waals surface area contributed by atoms with Gasteiger partial charge in [0.2, 0.25) is 6.29 Å². The van der Waals surface area contributed by atoms with Crippen LogP contribution >= 0.6 is 0 Å². The average Bonchev–Trinajstić information content (AvgIpc) is 2.46. The van der Waals surface area contributed by atoms with Crippen LogP contribution in [0.3, 0.4) is 0 Å². The molecule has 0 fully saturated rings. The van der Waals surface area contributed by atoms with Crippen molar-refractivity contribution in [2.45, 2.75) is 0 Å². The molecule has 2 heteroatoms. The highest BCUT2D eigenvalue weighted by Gasteiger charge is 2.11. The van der Waals surface area contributed by atoms with E-state index in [4.69, 9.17) is 5.26 Å². The quantitative estimate of drug-likeness (QED) is 0.602. The first-order valence-corrected chi connectivity index (χ1v) is 5.50. The van der Waals surface area contributed by atoms with Crippen LogP contribution in [0, 0.1) is 11.3 Å². The van der Waals surface area contributed by atoms with E-state index < -0.39 is 0 Å². The van der Waals surface area contributed by atoms with Crippen molar-refractivity contribution >= 4 is 11.9 Å². The van der Waals surface area contributed by atoms with Gasteiger partial charge in [-0.1, -0.05) is 60.7 Å². The van der Waals surface area contributed by atoms with Gasteiger partial charge in [-0.2, -0.15) is 5.26 Å². The summed E-state index contributed by atoms with van der Waals surface area (Å²) in [5.41, 5.74) is 2.31. The SMILES string of the molecule is N#CC([C]=O)=C(c1ccccc1)c1ccccc1. The fourth-order valence-electron chi connectivity index (χ4n) is 1.79. The molecular weight excluding hydrogens is 222 g/mol. The van der Waals surface area contributed by atoms with E-state index >= 15 is 0 Å². The average molecular weight is 232 g/mol. The van der Waals surface area contributed by atoms with Crippen LogP contribution in [0.4, 0.5) is 0 Å². The summed E-state index contributed by atoms with van der Waals surface area (Å²) < 4.78 is 0. The summed E-state index contributed by atoms with van der Waals surface area (Å²) in [6.07, 6.45) is 1.72. The maximum absolute atomic E-state index is 10.9. The smallest absolute Gasteiger partial charge is 0.245 e. The molecule has 1 radical (unpaired) electrons. The molecule has 2 aromatic rings. The van der Waals surface area contributed by atoms with E-state index in [1.54, 1.807) is 6.29 Å². The van der Waals surface area contributed by atoms with E-state index in [1.807, 2.05) is 66.7 Å². The number of nitrogens with zero attached hydrogens (tertiary/aromatic N) is 1. The van der Waals surface area contributed by atoms with Crippen molar-refractivity contribution in [1.29, 1.82) is 5.26 Å². The maximum Gasteiger partial charge on any atom is 0.245 e. The van der Waals surface area contributed by atoms with Gasteiger partial charge in [0, 0.05) is 5.57 Å². The molecular formula is C16H10NO. The third-order valence-electron chi connectivity index (χ3n) is 2.59. The number of hydrogen-bond acceptors (Lipinski definition) is 2. The Bertz CT molecular complexity index is 565. The lowest BCUT2D eigenvalue weighted by Crippen LogP contribution is -1.94. The van der Waals surface area contributed by atoms with Gasteiger partial charge in [-0.15, -0.1) is 0 Å². The minimum Gasteiger partial charge on any atom is -0.284 e. The van der Waals surface area contributed by atoms with E-state index in [0.717, 1.165) is 11.1 Å². The Hall–Kier alpha value is -2.66. The highest BCUT2D eigenvalue weighted by Crippen LogP contribution is 2.25. The number of benzene rings is 2. The van der Waals surface area contributed by atoms with Gasteiger partial charge in [0.15, 0.2) is 0 Å². The second kappa shape index (κ2) is 5.60. The molecule has 0 bridgehead atoms. The molecule has 2 aromatic carbocycles. The van der Waals surface area contributed by atoms with E-state index in [-0.39, 0.29) is 5.57 Å². The Balaban J connectivity index is 2.68. The van der Waals surface area contributed by atoms with E-state index in [1.165, 1.54) is 0 Å². The van der Waals surface area contributed by atoms with Gasteiger partial charge in [-0.3, -0.25) is 4.79 Å². The molecule has 0 aliphatic rings. The van der Waals surface area contributed by atoms with E-state index in [9.17, 15) is 4.79 Å². The van der Waals surface area contributed by atoms with Crippen molar-refractivity contribution in [1.82, 2.24) is 0 Å². The molecule has 0 aliphatic heterocycles. The Morgan fingerprint density at radius 1 is 0.833 bits per heavy atom. The zero-order valence-electron chi connectivity index (χ0n) is 9.63. The normalized spacial score (nSPS) is 9.28. The topological polar surface area (TPSA) is 40.9 Å². The van der Waals surface area contributed by atoms with Crippen LogP contribution in [0.25, 0.3) is 5.57 Å². The number of carbonyl (C=O) groups excluding carboxylic acids is 1. The molecule has 0 heterocycles. The van der Waals surface area contributed by atoms with Crippen LogP contribution in [0.15, 0.2) is 66.2 Å². The van der Waals surface area contributed by atoms with Crippen LogP contribution in [0.1, 0.15) is 11.1 Å². The Morgan fingerprint density at radius 2 is 1.28 bits per heavy atom. The first-order valence-electron chi connectivity index (χ1n) is 5.50. The molecule has 0 saturated carbocycles. The molecule has 0 atom stereocenters. The van der Waals surface area contributed by atoms with Gasteiger partial charge in [-0.05, 0) is 11.1 Å². The fraction of sp³-hybridized carbons (Fsp3) is 0. The van der Waals surface area contributed by atoms with Crippen molar-refractivity contribution in [3.63, 3.8) is 0 Å². The van der Waals surface area contributed by atoms with Crippen molar-refractivity contribution in [3.8, 4) is 6.07 Å². The lowest BCUT2D eigenvalue weighted by Gasteiger charge is -2.08. The summed E-state index contributed by atoms with van der Waals surface area (Å²) in [5.74, 6) is 0. The monoisotopic (exact) mass is 232 g/mol. The molecule has 18 heavy (non-hydrogen) atoms. The fourth-order valence-corrected chi connectivity index (χ4v) is 1.79. The zero-order valence-corrected chi connectivity index (χ0v) is 9.63. The summed E-state index contributed by atoms with van der Waals surface area (Å²) in [4.78, 5) is 10.9. The third kappa shape index (κ3) is 2.36. The van der Waals surface area contributed by atoms with Gasteiger partial charge in [-0.25, -0.2) is 0 Å². The van der Waals surface area contributed by atoms with Gasteiger partial charge in [0.25, 0.3) is 0 Å². The minimum atomic E-state index is 0.0207. The van der Waals surface area contributed by atoms with Gasteiger partial charge in [0.05, 0.1) is 0 Å². The largest absolute Gasteiger partial charge is 0.284 e. The highest BCUT2D eigenvalue weighted by atomic mass is 16.1. The Labute approximate surface area is 106 Å². The second-order valence-corrected chi connectivity index (χ2v) is 3.70. The number of nitriles is 1. The maximum atomic E-state index is 10.9. The molecule has 2 rings (SSSR count). The summed E-state index contributed by atoms with van der Waals surface area (Å²) in [5, 5.41) is 9.05. The lowest BCUT2D eigenvalue weighted by molar-refractivity contribution is 0.563. The highest BCUT2D eigenvalue weighted by molar-refractivity contribution is 5.98. The van der Waals surface area contributed by atoms with Gasteiger partial charge >= 0.3 is 0 Å². The van der Waals surface area contributed by atoms with Crippen LogP contribution in [-0.2, 0) is 4.79 Å². The second-order valence-electron chi connectivity index (χ2n) is 3.70.